The molecule has 0 amide bonds. The molecule has 3 rings (SSSR count). The van der Waals surface area contributed by atoms with Gasteiger partial charge in [-0.25, -0.2) is 9.78 Å². The second kappa shape index (κ2) is 6.87. The Morgan fingerprint density at radius 1 is 1.20 bits per heavy atom. The van der Waals surface area contributed by atoms with Gasteiger partial charge in [-0.15, -0.1) is 10.2 Å². The number of hydrogen-bond donors (Lipinski definition) is 0. The molecule has 3 aromatic heterocycles. The Balaban J connectivity index is 1.76. The van der Waals surface area contributed by atoms with Crippen molar-refractivity contribution < 1.29 is 0 Å². The van der Waals surface area contributed by atoms with Gasteiger partial charge < -0.3 is 9.13 Å². The summed E-state index contributed by atoms with van der Waals surface area (Å²) in [5, 5.41) is 8.88. The summed E-state index contributed by atoms with van der Waals surface area (Å²) < 4.78 is 6.34. The predicted molar refractivity (Wildman–Crippen MR) is 96.0 cm³/mol. The van der Waals surface area contributed by atoms with Gasteiger partial charge in [0.15, 0.2) is 16.3 Å². The molecule has 10 heteroatoms. The molecule has 0 unspecified atom stereocenters. The Labute approximate surface area is 148 Å². The Morgan fingerprint density at radius 3 is 2.68 bits per heavy atom. The topological polar surface area (TPSA) is 92.5 Å². The maximum atomic E-state index is 12.6. The van der Waals surface area contributed by atoms with Crippen LogP contribution in [-0.4, -0.2) is 39.2 Å². The molecule has 0 N–H and O–H groups in total. The average molecular weight is 363 g/mol. The van der Waals surface area contributed by atoms with Gasteiger partial charge in [0.05, 0.1) is 6.33 Å². The van der Waals surface area contributed by atoms with Crippen LogP contribution in [0.15, 0.2) is 27.4 Å². The molecule has 0 saturated carbocycles. The van der Waals surface area contributed by atoms with Crippen LogP contribution < -0.4 is 11.2 Å². The molecule has 0 aliphatic heterocycles. The molecular formula is C15H21N7O2S. The largest absolute Gasteiger partial charge is 0.332 e. The molecule has 0 saturated heterocycles. The van der Waals surface area contributed by atoms with Crippen molar-refractivity contribution in [3.05, 3.63) is 33.5 Å². The summed E-state index contributed by atoms with van der Waals surface area (Å²) in [5.41, 5.74) is 0.211. The van der Waals surface area contributed by atoms with Crippen molar-refractivity contribution in [3.8, 4) is 0 Å². The van der Waals surface area contributed by atoms with Crippen LogP contribution >= 0.6 is 11.8 Å². The van der Waals surface area contributed by atoms with Crippen LogP contribution in [0.1, 0.15) is 26.3 Å². The molecule has 0 radical (unpaired) electrons. The van der Waals surface area contributed by atoms with E-state index < -0.39 is 0 Å². The third-order valence-electron chi connectivity index (χ3n) is 4.05. The minimum atomic E-state index is -0.341. The van der Waals surface area contributed by atoms with Crippen molar-refractivity contribution in [2.24, 2.45) is 14.1 Å². The highest BCUT2D eigenvalue weighted by molar-refractivity contribution is 7.99. The van der Waals surface area contributed by atoms with Crippen molar-refractivity contribution >= 4 is 22.9 Å². The normalized spacial score (nSPS) is 11.7. The second-order valence-corrected chi connectivity index (χ2v) is 7.20. The summed E-state index contributed by atoms with van der Waals surface area (Å²) in [6, 6.07) is 0.291. The van der Waals surface area contributed by atoms with Crippen molar-refractivity contribution in [1.82, 2.24) is 33.4 Å². The summed E-state index contributed by atoms with van der Waals surface area (Å²) in [6.45, 7) is 4.50. The minimum Gasteiger partial charge on any atom is -0.328 e. The fourth-order valence-electron chi connectivity index (χ4n) is 2.67. The first-order valence-corrected chi connectivity index (χ1v) is 9.03. The van der Waals surface area contributed by atoms with Crippen LogP contribution in [0.2, 0.25) is 0 Å². The molecule has 0 spiro atoms. The van der Waals surface area contributed by atoms with E-state index in [1.54, 1.807) is 43.1 Å². The van der Waals surface area contributed by atoms with Crippen molar-refractivity contribution in [2.75, 3.05) is 5.75 Å². The van der Waals surface area contributed by atoms with Crippen LogP contribution in [0.25, 0.3) is 11.2 Å². The molecule has 0 fully saturated rings. The van der Waals surface area contributed by atoms with Gasteiger partial charge in [0, 0.05) is 32.4 Å². The lowest BCUT2D eigenvalue weighted by atomic mass is 10.4. The van der Waals surface area contributed by atoms with Crippen LogP contribution in [0.5, 0.6) is 0 Å². The van der Waals surface area contributed by atoms with Crippen molar-refractivity contribution in [2.45, 2.75) is 38.0 Å². The summed E-state index contributed by atoms with van der Waals surface area (Å²) in [4.78, 5) is 29.2. The summed E-state index contributed by atoms with van der Waals surface area (Å²) in [5.74, 6) is 0.741. The van der Waals surface area contributed by atoms with Crippen LogP contribution in [0.3, 0.4) is 0 Å². The number of aromatic nitrogens is 7. The van der Waals surface area contributed by atoms with E-state index in [0.29, 0.717) is 30.2 Å². The van der Waals surface area contributed by atoms with E-state index in [4.69, 9.17) is 0 Å². The number of fused-ring (bicyclic) bond motifs is 1. The molecule has 0 bridgehead atoms. The van der Waals surface area contributed by atoms with Gasteiger partial charge in [-0.2, -0.15) is 0 Å². The van der Waals surface area contributed by atoms with Gasteiger partial charge in [-0.3, -0.25) is 13.9 Å². The van der Waals surface area contributed by atoms with Crippen LogP contribution in [0, 0.1) is 0 Å². The molecule has 3 heterocycles. The Hall–Kier alpha value is -2.36. The number of aryl methyl sites for hydroxylation is 2. The summed E-state index contributed by atoms with van der Waals surface area (Å²) in [7, 11) is 3.38. The molecule has 0 atom stereocenters. The Morgan fingerprint density at radius 2 is 1.96 bits per heavy atom. The molecule has 0 aliphatic rings. The number of rotatable bonds is 6. The quantitative estimate of drug-likeness (QED) is 0.475. The SMILES string of the molecule is CC(C)n1cnnc1SCCCn1c(=O)c2c(ncn2C)n(C)c1=O. The highest BCUT2D eigenvalue weighted by Gasteiger charge is 2.15. The first-order valence-electron chi connectivity index (χ1n) is 8.05. The van der Waals surface area contributed by atoms with Crippen molar-refractivity contribution in [3.63, 3.8) is 0 Å². The maximum Gasteiger partial charge on any atom is 0.332 e. The van der Waals surface area contributed by atoms with Crippen LogP contribution in [-0.2, 0) is 20.6 Å². The third kappa shape index (κ3) is 3.13. The second-order valence-electron chi connectivity index (χ2n) is 6.14. The molecule has 3 aromatic rings. The first-order chi connectivity index (χ1) is 11.9. The zero-order valence-electron chi connectivity index (χ0n) is 14.7. The Bertz CT molecular complexity index is 1010. The van der Waals surface area contributed by atoms with E-state index in [1.165, 1.54) is 9.13 Å². The fraction of sp³-hybridized carbons (Fsp3) is 0.533. The lowest BCUT2D eigenvalue weighted by molar-refractivity contribution is 0.548. The molecule has 9 nitrogen and oxygen atoms in total. The number of nitrogens with zero attached hydrogens (tertiary/aromatic N) is 7. The molecular weight excluding hydrogens is 342 g/mol. The smallest absolute Gasteiger partial charge is 0.328 e. The summed E-state index contributed by atoms with van der Waals surface area (Å²) in [6.07, 6.45) is 3.93. The van der Waals surface area contributed by atoms with E-state index >= 15 is 0 Å². The van der Waals surface area contributed by atoms with E-state index in [0.717, 1.165) is 10.9 Å². The number of hydrogen-bond acceptors (Lipinski definition) is 6. The highest BCUT2D eigenvalue weighted by atomic mass is 32.2. The monoisotopic (exact) mass is 363 g/mol. The third-order valence-corrected chi connectivity index (χ3v) is 5.10. The highest BCUT2D eigenvalue weighted by Crippen LogP contribution is 2.19. The average Bonchev–Trinajstić information content (AvgIpc) is 3.19. The zero-order valence-corrected chi connectivity index (χ0v) is 15.5. The summed E-state index contributed by atoms with van der Waals surface area (Å²) >= 11 is 1.57. The van der Waals surface area contributed by atoms with Gasteiger partial charge in [0.25, 0.3) is 5.56 Å². The molecule has 25 heavy (non-hydrogen) atoms. The zero-order chi connectivity index (χ0) is 18.1. The first kappa shape index (κ1) is 17.5. The van der Waals surface area contributed by atoms with E-state index in [9.17, 15) is 9.59 Å². The molecule has 0 aliphatic carbocycles. The van der Waals surface area contributed by atoms with Gasteiger partial charge in [0.1, 0.15) is 6.33 Å². The minimum absolute atomic E-state index is 0.291. The van der Waals surface area contributed by atoms with Gasteiger partial charge >= 0.3 is 5.69 Å². The van der Waals surface area contributed by atoms with Gasteiger partial charge in [-0.05, 0) is 20.3 Å². The van der Waals surface area contributed by atoms with Crippen molar-refractivity contribution in [1.29, 1.82) is 0 Å². The maximum absolute atomic E-state index is 12.6. The molecule has 0 aromatic carbocycles. The van der Waals surface area contributed by atoms with E-state index in [-0.39, 0.29) is 11.2 Å². The van der Waals surface area contributed by atoms with Gasteiger partial charge in [0.2, 0.25) is 0 Å². The lowest BCUT2D eigenvalue weighted by Crippen LogP contribution is -2.39. The fourth-order valence-corrected chi connectivity index (χ4v) is 3.64. The standard InChI is InChI=1S/C15H21N7O2S/c1-10(2)22-9-17-18-14(22)25-7-5-6-21-13(23)11-12(16-8-19(11)3)20(4)15(21)24/h8-10H,5-7H2,1-4H3. The lowest BCUT2D eigenvalue weighted by Gasteiger charge is -2.10. The Kier molecular flexibility index (Phi) is 4.80. The van der Waals surface area contributed by atoms with Gasteiger partial charge in [-0.1, -0.05) is 11.8 Å². The molecule has 134 valence electrons. The number of imidazole rings is 1. The van der Waals surface area contributed by atoms with E-state index in [2.05, 4.69) is 29.0 Å². The van der Waals surface area contributed by atoms with E-state index in [1.807, 2.05) is 4.57 Å². The van der Waals surface area contributed by atoms with Crippen LogP contribution in [0.4, 0.5) is 0 Å². The predicted octanol–water partition coefficient (Wildman–Crippen LogP) is 0.788. The number of thioether (sulfide) groups is 1.